The lowest BCUT2D eigenvalue weighted by atomic mass is 10.2. The van der Waals surface area contributed by atoms with Gasteiger partial charge in [0.25, 0.3) is 0 Å². The Hall–Kier alpha value is -2.23. The summed E-state index contributed by atoms with van der Waals surface area (Å²) in [5, 5.41) is 0. The predicted octanol–water partition coefficient (Wildman–Crippen LogP) is 2.78. The Balaban J connectivity index is 1.83. The van der Waals surface area contributed by atoms with Crippen molar-refractivity contribution in [2.24, 2.45) is 0 Å². The SMILES string of the molecule is COc1ccc(OCCn2ccc(C(C)=O)c2)cc1. The molecule has 0 aliphatic rings. The van der Waals surface area contributed by atoms with Crippen LogP contribution >= 0.6 is 0 Å². The first kappa shape index (κ1) is 13.2. The second-order valence-electron chi connectivity index (χ2n) is 4.22. The summed E-state index contributed by atoms with van der Waals surface area (Å²) in [7, 11) is 1.63. The number of aromatic nitrogens is 1. The van der Waals surface area contributed by atoms with Gasteiger partial charge in [0.05, 0.1) is 13.7 Å². The van der Waals surface area contributed by atoms with E-state index in [0.717, 1.165) is 17.1 Å². The van der Waals surface area contributed by atoms with Gasteiger partial charge >= 0.3 is 0 Å². The predicted molar refractivity (Wildman–Crippen MR) is 72.9 cm³/mol. The van der Waals surface area contributed by atoms with Gasteiger partial charge in [-0.15, -0.1) is 0 Å². The van der Waals surface area contributed by atoms with Crippen LogP contribution in [0.4, 0.5) is 0 Å². The van der Waals surface area contributed by atoms with E-state index >= 15 is 0 Å². The van der Waals surface area contributed by atoms with Crippen LogP contribution in [0.15, 0.2) is 42.7 Å². The molecule has 19 heavy (non-hydrogen) atoms. The first-order valence-corrected chi connectivity index (χ1v) is 6.12. The van der Waals surface area contributed by atoms with Gasteiger partial charge in [0, 0.05) is 18.0 Å². The lowest BCUT2D eigenvalue weighted by molar-refractivity contribution is 0.101. The average molecular weight is 259 g/mol. The van der Waals surface area contributed by atoms with Crippen molar-refractivity contribution < 1.29 is 14.3 Å². The van der Waals surface area contributed by atoms with Gasteiger partial charge in [0.1, 0.15) is 18.1 Å². The number of Topliss-reactive ketones (excluding diaryl/α,β-unsaturated/α-hetero) is 1. The Morgan fingerprint density at radius 2 is 1.84 bits per heavy atom. The van der Waals surface area contributed by atoms with Crippen LogP contribution in [0.25, 0.3) is 0 Å². The first-order valence-electron chi connectivity index (χ1n) is 6.12. The van der Waals surface area contributed by atoms with Crippen molar-refractivity contribution in [3.8, 4) is 11.5 Å². The van der Waals surface area contributed by atoms with E-state index in [9.17, 15) is 4.79 Å². The third-order valence-corrected chi connectivity index (χ3v) is 2.83. The molecular weight excluding hydrogens is 242 g/mol. The van der Waals surface area contributed by atoms with Crippen molar-refractivity contribution in [3.63, 3.8) is 0 Å². The highest BCUT2D eigenvalue weighted by atomic mass is 16.5. The summed E-state index contributed by atoms with van der Waals surface area (Å²) in [6.07, 6.45) is 3.72. The molecule has 2 rings (SSSR count). The van der Waals surface area contributed by atoms with Crippen molar-refractivity contribution in [2.75, 3.05) is 13.7 Å². The molecule has 100 valence electrons. The third kappa shape index (κ3) is 3.61. The Morgan fingerprint density at radius 1 is 1.16 bits per heavy atom. The van der Waals surface area contributed by atoms with E-state index in [0.29, 0.717) is 13.2 Å². The Bertz CT molecular complexity index is 543. The number of carbonyl (C=O) groups is 1. The van der Waals surface area contributed by atoms with Gasteiger partial charge in [-0.1, -0.05) is 0 Å². The second-order valence-corrected chi connectivity index (χ2v) is 4.22. The number of benzene rings is 1. The molecular formula is C15H17NO3. The topological polar surface area (TPSA) is 40.5 Å². The minimum Gasteiger partial charge on any atom is -0.497 e. The fraction of sp³-hybridized carbons (Fsp3) is 0.267. The number of hydrogen-bond acceptors (Lipinski definition) is 3. The average Bonchev–Trinajstić information content (AvgIpc) is 2.89. The summed E-state index contributed by atoms with van der Waals surface area (Å²) in [5.74, 6) is 1.69. The molecule has 0 bridgehead atoms. The van der Waals surface area contributed by atoms with Gasteiger partial charge in [-0.3, -0.25) is 4.79 Å². The fourth-order valence-electron chi connectivity index (χ4n) is 1.73. The molecule has 0 N–H and O–H groups in total. The van der Waals surface area contributed by atoms with Crippen molar-refractivity contribution in [2.45, 2.75) is 13.5 Å². The van der Waals surface area contributed by atoms with E-state index in [1.165, 1.54) is 0 Å². The van der Waals surface area contributed by atoms with E-state index in [1.807, 2.05) is 47.3 Å². The van der Waals surface area contributed by atoms with Crippen LogP contribution in [-0.2, 0) is 6.54 Å². The van der Waals surface area contributed by atoms with Crippen LogP contribution in [0, 0.1) is 0 Å². The zero-order valence-corrected chi connectivity index (χ0v) is 11.1. The molecule has 0 unspecified atom stereocenters. The maximum absolute atomic E-state index is 11.2. The number of ketones is 1. The number of hydrogen-bond donors (Lipinski definition) is 0. The van der Waals surface area contributed by atoms with Gasteiger partial charge < -0.3 is 14.0 Å². The molecule has 0 amide bonds. The second kappa shape index (κ2) is 6.09. The number of nitrogens with zero attached hydrogens (tertiary/aromatic N) is 1. The molecule has 4 heteroatoms. The largest absolute Gasteiger partial charge is 0.497 e. The summed E-state index contributed by atoms with van der Waals surface area (Å²) < 4.78 is 12.6. The lowest BCUT2D eigenvalue weighted by Crippen LogP contribution is -2.06. The van der Waals surface area contributed by atoms with Gasteiger partial charge in [-0.05, 0) is 37.3 Å². The van der Waals surface area contributed by atoms with Crippen LogP contribution in [0.1, 0.15) is 17.3 Å². The molecule has 0 aliphatic carbocycles. The summed E-state index contributed by atoms with van der Waals surface area (Å²) >= 11 is 0. The molecule has 0 atom stereocenters. The zero-order valence-electron chi connectivity index (χ0n) is 11.1. The highest BCUT2D eigenvalue weighted by Gasteiger charge is 2.01. The van der Waals surface area contributed by atoms with E-state index < -0.39 is 0 Å². The number of carbonyl (C=O) groups excluding carboxylic acids is 1. The molecule has 0 saturated carbocycles. The minimum absolute atomic E-state index is 0.0785. The summed E-state index contributed by atoms with van der Waals surface area (Å²) in [6.45, 7) is 2.82. The molecule has 0 radical (unpaired) electrons. The van der Waals surface area contributed by atoms with E-state index in [1.54, 1.807) is 14.0 Å². The van der Waals surface area contributed by atoms with Gasteiger partial charge in [0.15, 0.2) is 5.78 Å². The molecule has 0 spiro atoms. The molecule has 1 heterocycles. The maximum Gasteiger partial charge on any atom is 0.161 e. The Labute approximate surface area is 112 Å². The molecule has 1 aromatic carbocycles. The molecule has 1 aromatic heterocycles. The fourth-order valence-corrected chi connectivity index (χ4v) is 1.73. The van der Waals surface area contributed by atoms with E-state index in [2.05, 4.69) is 0 Å². The highest BCUT2D eigenvalue weighted by Crippen LogP contribution is 2.16. The van der Waals surface area contributed by atoms with Gasteiger partial charge in [-0.2, -0.15) is 0 Å². The summed E-state index contributed by atoms with van der Waals surface area (Å²) in [5.41, 5.74) is 0.726. The van der Waals surface area contributed by atoms with Crippen molar-refractivity contribution in [1.29, 1.82) is 0 Å². The normalized spacial score (nSPS) is 10.2. The molecule has 2 aromatic rings. The molecule has 4 nitrogen and oxygen atoms in total. The summed E-state index contributed by atoms with van der Waals surface area (Å²) in [4.78, 5) is 11.2. The molecule has 0 saturated heterocycles. The van der Waals surface area contributed by atoms with Gasteiger partial charge in [0.2, 0.25) is 0 Å². The standard InChI is InChI=1S/C15H17NO3/c1-12(17)13-7-8-16(11-13)9-10-19-15-5-3-14(18-2)4-6-15/h3-8,11H,9-10H2,1-2H3. The quantitative estimate of drug-likeness (QED) is 0.749. The van der Waals surface area contributed by atoms with Crippen LogP contribution in [0.5, 0.6) is 11.5 Å². The molecule has 0 aliphatic heterocycles. The van der Waals surface area contributed by atoms with Gasteiger partial charge in [-0.25, -0.2) is 0 Å². The molecule has 0 fully saturated rings. The summed E-state index contributed by atoms with van der Waals surface area (Å²) in [6, 6.07) is 9.28. The van der Waals surface area contributed by atoms with E-state index in [4.69, 9.17) is 9.47 Å². The smallest absolute Gasteiger partial charge is 0.161 e. The third-order valence-electron chi connectivity index (χ3n) is 2.83. The maximum atomic E-state index is 11.2. The Morgan fingerprint density at radius 3 is 2.42 bits per heavy atom. The monoisotopic (exact) mass is 259 g/mol. The van der Waals surface area contributed by atoms with Crippen LogP contribution < -0.4 is 9.47 Å². The Kier molecular flexibility index (Phi) is 4.23. The number of rotatable bonds is 6. The van der Waals surface area contributed by atoms with Crippen LogP contribution in [0.2, 0.25) is 0 Å². The number of ether oxygens (including phenoxy) is 2. The van der Waals surface area contributed by atoms with Crippen molar-refractivity contribution >= 4 is 5.78 Å². The lowest BCUT2D eigenvalue weighted by Gasteiger charge is -2.07. The van der Waals surface area contributed by atoms with Crippen LogP contribution in [0.3, 0.4) is 0 Å². The first-order chi connectivity index (χ1) is 9.19. The van der Waals surface area contributed by atoms with Crippen molar-refractivity contribution in [1.82, 2.24) is 4.57 Å². The minimum atomic E-state index is 0.0785. The van der Waals surface area contributed by atoms with E-state index in [-0.39, 0.29) is 5.78 Å². The highest BCUT2D eigenvalue weighted by molar-refractivity contribution is 5.93. The zero-order chi connectivity index (χ0) is 13.7. The number of methoxy groups -OCH3 is 1. The van der Waals surface area contributed by atoms with Crippen LogP contribution in [-0.4, -0.2) is 24.1 Å². The van der Waals surface area contributed by atoms with Crippen molar-refractivity contribution in [3.05, 3.63) is 48.3 Å².